The van der Waals surface area contributed by atoms with Crippen molar-refractivity contribution in [1.29, 1.82) is 5.26 Å². The van der Waals surface area contributed by atoms with Crippen LogP contribution in [0, 0.1) is 17.2 Å². The average molecular weight is 323 g/mol. The number of benzene rings is 1. The molecule has 0 spiro atoms. The standard InChI is InChI=1S/C18H17N3O3/c1-12-8-16(12)17-7-6-15(24-17)10-20-21-18(22)11-23-14-4-2-13(9-19)3-5-14/h2-7,10,12,16H,8,11H2,1H3,(H,21,22)/b20-10-/t12-,16-/m0/s1. The zero-order valence-electron chi connectivity index (χ0n) is 13.2. The molecule has 2 aromatic rings. The first-order chi connectivity index (χ1) is 11.7. The molecule has 6 heteroatoms. The number of furan rings is 1. The maximum absolute atomic E-state index is 11.7. The molecule has 1 amide bonds. The molecular formula is C18H17N3O3. The van der Waals surface area contributed by atoms with Crippen molar-refractivity contribution in [2.24, 2.45) is 11.0 Å². The molecule has 2 atom stereocenters. The van der Waals surface area contributed by atoms with E-state index >= 15 is 0 Å². The molecular weight excluding hydrogens is 306 g/mol. The zero-order chi connectivity index (χ0) is 16.9. The van der Waals surface area contributed by atoms with E-state index < -0.39 is 0 Å². The number of rotatable bonds is 6. The van der Waals surface area contributed by atoms with Crippen LogP contribution in [0.4, 0.5) is 0 Å². The van der Waals surface area contributed by atoms with E-state index in [-0.39, 0.29) is 12.5 Å². The van der Waals surface area contributed by atoms with Crippen molar-refractivity contribution in [2.45, 2.75) is 19.3 Å². The summed E-state index contributed by atoms with van der Waals surface area (Å²) in [5, 5.41) is 12.6. The minimum absolute atomic E-state index is 0.160. The van der Waals surface area contributed by atoms with Crippen LogP contribution in [0.1, 0.15) is 36.3 Å². The molecule has 1 aliphatic carbocycles. The molecule has 0 saturated heterocycles. The molecule has 1 aromatic heterocycles. The molecule has 0 radical (unpaired) electrons. The van der Waals surface area contributed by atoms with Crippen LogP contribution >= 0.6 is 0 Å². The van der Waals surface area contributed by atoms with Gasteiger partial charge in [0.1, 0.15) is 17.3 Å². The van der Waals surface area contributed by atoms with Gasteiger partial charge in [-0.3, -0.25) is 4.79 Å². The summed E-state index contributed by atoms with van der Waals surface area (Å²) in [6.07, 6.45) is 2.63. The van der Waals surface area contributed by atoms with Gasteiger partial charge in [0.25, 0.3) is 5.91 Å². The van der Waals surface area contributed by atoms with Crippen molar-refractivity contribution in [2.75, 3.05) is 6.61 Å². The van der Waals surface area contributed by atoms with Crippen molar-refractivity contribution in [1.82, 2.24) is 5.43 Å². The molecule has 1 N–H and O–H groups in total. The Morgan fingerprint density at radius 1 is 1.42 bits per heavy atom. The van der Waals surface area contributed by atoms with E-state index in [4.69, 9.17) is 14.4 Å². The maximum Gasteiger partial charge on any atom is 0.277 e. The third-order valence-electron chi connectivity index (χ3n) is 3.86. The van der Waals surface area contributed by atoms with Crippen LogP contribution in [-0.4, -0.2) is 18.7 Å². The number of carbonyl (C=O) groups excluding carboxylic acids is 1. The van der Waals surface area contributed by atoms with Crippen molar-refractivity contribution in [3.63, 3.8) is 0 Å². The lowest BCUT2D eigenvalue weighted by atomic mass is 10.2. The highest BCUT2D eigenvalue weighted by atomic mass is 16.5. The largest absolute Gasteiger partial charge is 0.484 e. The number of nitriles is 1. The topological polar surface area (TPSA) is 87.6 Å². The lowest BCUT2D eigenvalue weighted by molar-refractivity contribution is -0.123. The fourth-order valence-electron chi connectivity index (χ4n) is 2.33. The Balaban J connectivity index is 1.43. The molecule has 0 unspecified atom stereocenters. The summed E-state index contributed by atoms with van der Waals surface area (Å²) in [7, 11) is 0. The number of ether oxygens (including phenoxy) is 1. The fourth-order valence-corrected chi connectivity index (χ4v) is 2.33. The quantitative estimate of drug-likeness (QED) is 0.654. The number of hydrazone groups is 1. The van der Waals surface area contributed by atoms with Gasteiger partial charge in [-0.05, 0) is 48.7 Å². The molecule has 3 rings (SSSR count). The van der Waals surface area contributed by atoms with Gasteiger partial charge in [0.15, 0.2) is 6.61 Å². The number of hydrogen-bond acceptors (Lipinski definition) is 5. The minimum atomic E-state index is -0.377. The van der Waals surface area contributed by atoms with Gasteiger partial charge in [0.2, 0.25) is 0 Å². The lowest BCUT2D eigenvalue weighted by Crippen LogP contribution is -2.24. The number of nitrogens with one attached hydrogen (secondary N) is 1. The molecule has 0 bridgehead atoms. The van der Waals surface area contributed by atoms with Gasteiger partial charge in [0, 0.05) is 5.92 Å². The number of carbonyl (C=O) groups is 1. The van der Waals surface area contributed by atoms with E-state index in [0.717, 1.165) is 12.2 Å². The van der Waals surface area contributed by atoms with Crippen LogP contribution < -0.4 is 10.2 Å². The third kappa shape index (κ3) is 4.02. The summed E-state index contributed by atoms with van der Waals surface area (Å²) in [6.45, 7) is 2.03. The van der Waals surface area contributed by atoms with Gasteiger partial charge < -0.3 is 9.15 Å². The van der Waals surface area contributed by atoms with E-state index in [1.165, 1.54) is 6.21 Å². The van der Waals surface area contributed by atoms with Gasteiger partial charge in [-0.15, -0.1) is 0 Å². The van der Waals surface area contributed by atoms with Gasteiger partial charge in [-0.25, -0.2) is 5.43 Å². The smallest absolute Gasteiger partial charge is 0.277 e. The fraction of sp³-hybridized carbons (Fsp3) is 0.278. The highest BCUT2D eigenvalue weighted by Crippen LogP contribution is 2.47. The molecule has 6 nitrogen and oxygen atoms in total. The second kappa shape index (κ2) is 7.01. The molecule has 1 aromatic carbocycles. The predicted octanol–water partition coefficient (Wildman–Crippen LogP) is 2.80. The second-order valence-corrected chi connectivity index (χ2v) is 5.78. The van der Waals surface area contributed by atoms with E-state index in [1.807, 2.05) is 18.2 Å². The monoisotopic (exact) mass is 323 g/mol. The molecule has 1 saturated carbocycles. The SMILES string of the molecule is C[C@H]1C[C@@H]1c1ccc(/C=N\NC(=O)COc2ccc(C#N)cc2)o1. The van der Waals surface area contributed by atoms with Crippen LogP contribution in [0.25, 0.3) is 0 Å². The first-order valence-corrected chi connectivity index (χ1v) is 7.70. The Kier molecular flexibility index (Phi) is 4.62. The molecule has 1 fully saturated rings. The van der Waals surface area contributed by atoms with E-state index in [2.05, 4.69) is 17.5 Å². The second-order valence-electron chi connectivity index (χ2n) is 5.78. The Bertz CT molecular complexity index is 787. The molecule has 1 heterocycles. The third-order valence-corrected chi connectivity index (χ3v) is 3.86. The van der Waals surface area contributed by atoms with E-state index in [9.17, 15) is 4.79 Å². The van der Waals surface area contributed by atoms with Crippen molar-refractivity contribution < 1.29 is 13.9 Å². The molecule has 0 aliphatic heterocycles. The van der Waals surface area contributed by atoms with Crippen LogP contribution in [0.5, 0.6) is 5.75 Å². The Morgan fingerprint density at radius 3 is 2.83 bits per heavy atom. The number of hydrogen-bond donors (Lipinski definition) is 1. The van der Waals surface area contributed by atoms with Crippen LogP contribution in [0.15, 0.2) is 45.9 Å². The molecule has 1 aliphatic rings. The first-order valence-electron chi connectivity index (χ1n) is 7.70. The highest BCUT2D eigenvalue weighted by molar-refractivity contribution is 5.81. The summed E-state index contributed by atoms with van der Waals surface area (Å²) in [4.78, 5) is 11.7. The van der Waals surface area contributed by atoms with Crippen LogP contribution in [-0.2, 0) is 4.79 Å². The Hall–Kier alpha value is -3.07. The maximum atomic E-state index is 11.7. The predicted molar refractivity (Wildman–Crippen MR) is 87.6 cm³/mol. The van der Waals surface area contributed by atoms with Crippen molar-refractivity contribution >= 4 is 12.1 Å². The summed E-state index contributed by atoms with van der Waals surface area (Å²) in [6, 6.07) is 12.3. The summed E-state index contributed by atoms with van der Waals surface area (Å²) < 4.78 is 11.0. The summed E-state index contributed by atoms with van der Waals surface area (Å²) in [5.74, 6) is 2.92. The van der Waals surface area contributed by atoms with Gasteiger partial charge in [0.05, 0.1) is 17.8 Å². The van der Waals surface area contributed by atoms with Crippen LogP contribution in [0.2, 0.25) is 0 Å². The Labute approximate surface area is 139 Å². The minimum Gasteiger partial charge on any atom is -0.484 e. The molecule has 24 heavy (non-hydrogen) atoms. The highest BCUT2D eigenvalue weighted by Gasteiger charge is 2.36. The summed E-state index contributed by atoms with van der Waals surface area (Å²) in [5.41, 5.74) is 2.92. The van der Waals surface area contributed by atoms with Crippen molar-refractivity contribution in [3.05, 3.63) is 53.5 Å². The molecule has 122 valence electrons. The number of nitrogens with zero attached hydrogens (tertiary/aromatic N) is 2. The van der Waals surface area contributed by atoms with Gasteiger partial charge >= 0.3 is 0 Å². The van der Waals surface area contributed by atoms with Gasteiger partial charge in [-0.2, -0.15) is 10.4 Å². The normalized spacial score (nSPS) is 19.0. The number of amides is 1. The van der Waals surface area contributed by atoms with Crippen molar-refractivity contribution in [3.8, 4) is 11.8 Å². The zero-order valence-corrected chi connectivity index (χ0v) is 13.2. The van der Waals surface area contributed by atoms with E-state index in [0.29, 0.717) is 28.9 Å². The Morgan fingerprint density at radius 2 is 2.17 bits per heavy atom. The van der Waals surface area contributed by atoms with Crippen LogP contribution in [0.3, 0.4) is 0 Å². The lowest BCUT2D eigenvalue weighted by Gasteiger charge is -2.04. The first kappa shape index (κ1) is 15.8. The van der Waals surface area contributed by atoms with E-state index in [1.54, 1.807) is 24.3 Å². The summed E-state index contributed by atoms with van der Waals surface area (Å²) >= 11 is 0. The average Bonchev–Trinajstić information content (AvgIpc) is 3.14. The van der Waals surface area contributed by atoms with Gasteiger partial charge in [-0.1, -0.05) is 6.92 Å².